The van der Waals surface area contributed by atoms with E-state index in [9.17, 15) is 0 Å². The van der Waals surface area contributed by atoms with Gasteiger partial charge in [-0.05, 0) is 6.07 Å². The Bertz CT molecular complexity index is 428. The van der Waals surface area contributed by atoms with E-state index in [1.165, 1.54) is 7.11 Å². The third-order valence-corrected chi connectivity index (χ3v) is 2.08. The second-order valence-electron chi connectivity index (χ2n) is 2.99. The predicted molar refractivity (Wildman–Crippen MR) is 53.3 cm³/mol. The monoisotopic (exact) mass is 205 g/mol. The summed E-state index contributed by atoms with van der Waals surface area (Å²) in [6.45, 7) is 0. The molecule has 0 radical (unpaired) electrons. The SMILES string of the molecule is COc1nccnc1C(N)c1ccoc1. The molecule has 0 spiro atoms. The molecule has 2 N–H and O–H groups in total. The summed E-state index contributed by atoms with van der Waals surface area (Å²) in [5.41, 5.74) is 7.43. The van der Waals surface area contributed by atoms with Crippen molar-refractivity contribution in [2.24, 2.45) is 5.73 Å². The van der Waals surface area contributed by atoms with Crippen molar-refractivity contribution < 1.29 is 9.15 Å². The Morgan fingerprint density at radius 3 is 2.87 bits per heavy atom. The lowest BCUT2D eigenvalue weighted by atomic mass is 10.1. The van der Waals surface area contributed by atoms with Crippen molar-refractivity contribution in [3.05, 3.63) is 42.2 Å². The number of furan rings is 1. The van der Waals surface area contributed by atoms with Crippen LogP contribution in [0.1, 0.15) is 17.3 Å². The molecular formula is C10H11N3O2. The van der Waals surface area contributed by atoms with E-state index in [-0.39, 0.29) is 6.04 Å². The fourth-order valence-electron chi connectivity index (χ4n) is 1.32. The zero-order valence-electron chi connectivity index (χ0n) is 8.25. The summed E-state index contributed by atoms with van der Waals surface area (Å²) in [5, 5.41) is 0. The Kier molecular flexibility index (Phi) is 2.64. The smallest absolute Gasteiger partial charge is 0.237 e. The molecule has 5 heteroatoms. The number of aromatic nitrogens is 2. The highest BCUT2D eigenvalue weighted by molar-refractivity contribution is 5.29. The summed E-state index contributed by atoms with van der Waals surface area (Å²) in [7, 11) is 1.54. The number of ether oxygens (including phenoxy) is 1. The average Bonchev–Trinajstić information content (AvgIpc) is 2.81. The summed E-state index contributed by atoms with van der Waals surface area (Å²) in [4.78, 5) is 8.18. The van der Waals surface area contributed by atoms with Gasteiger partial charge in [0.2, 0.25) is 5.88 Å². The van der Waals surface area contributed by atoms with E-state index >= 15 is 0 Å². The van der Waals surface area contributed by atoms with Crippen LogP contribution in [0.2, 0.25) is 0 Å². The lowest BCUT2D eigenvalue weighted by Gasteiger charge is -2.11. The lowest BCUT2D eigenvalue weighted by Crippen LogP contribution is -2.14. The van der Waals surface area contributed by atoms with Crippen LogP contribution in [0.3, 0.4) is 0 Å². The summed E-state index contributed by atoms with van der Waals surface area (Å²) >= 11 is 0. The highest BCUT2D eigenvalue weighted by Gasteiger charge is 2.16. The molecule has 0 aliphatic carbocycles. The highest BCUT2D eigenvalue weighted by atomic mass is 16.5. The van der Waals surface area contributed by atoms with Crippen LogP contribution in [0.5, 0.6) is 5.88 Å². The van der Waals surface area contributed by atoms with Crippen molar-refractivity contribution in [3.63, 3.8) is 0 Å². The fraction of sp³-hybridized carbons (Fsp3) is 0.200. The first kappa shape index (κ1) is 9.67. The quantitative estimate of drug-likeness (QED) is 0.812. The van der Waals surface area contributed by atoms with E-state index < -0.39 is 0 Å². The molecule has 1 unspecified atom stereocenters. The maximum absolute atomic E-state index is 5.99. The van der Waals surface area contributed by atoms with Crippen LogP contribution >= 0.6 is 0 Å². The molecule has 2 heterocycles. The highest BCUT2D eigenvalue weighted by Crippen LogP contribution is 2.23. The molecule has 2 aromatic heterocycles. The minimum absolute atomic E-state index is 0.382. The normalized spacial score (nSPS) is 12.4. The number of hydrogen-bond acceptors (Lipinski definition) is 5. The number of rotatable bonds is 3. The number of methoxy groups -OCH3 is 1. The molecule has 1 atom stereocenters. The molecule has 2 aromatic rings. The van der Waals surface area contributed by atoms with Crippen LogP contribution in [0, 0.1) is 0 Å². The van der Waals surface area contributed by atoms with Crippen molar-refractivity contribution in [3.8, 4) is 5.88 Å². The summed E-state index contributed by atoms with van der Waals surface area (Å²) in [5.74, 6) is 0.436. The van der Waals surface area contributed by atoms with Gasteiger partial charge in [-0.3, -0.25) is 4.98 Å². The molecule has 0 fully saturated rings. The predicted octanol–water partition coefficient (Wildman–Crippen LogP) is 1.13. The molecule has 0 aromatic carbocycles. The molecular weight excluding hydrogens is 194 g/mol. The van der Waals surface area contributed by atoms with E-state index in [1.807, 2.05) is 0 Å². The molecule has 0 saturated carbocycles. The molecule has 0 aliphatic rings. The van der Waals surface area contributed by atoms with Gasteiger partial charge >= 0.3 is 0 Å². The molecule has 0 saturated heterocycles. The van der Waals surface area contributed by atoms with E-state index in [2.05, 4.69) is 9.97 Å². The third kappa shape index (κ3) is 1.82. The number of nitrogens with zero attached hydrogens (tertiary/aromatic N) is 2. The Hall–Kier alpha value is -1.88. The van der Waals surface area contributed by atoms with Gasteiger partial charge < -0.3 is 14.9 Å². The molecule has 5 nitrogen and oxygen atoms in total. The molecule has 0 aliphatic heterocycles. The molecule has 78 valence electrons. The zero-order chi connectivity index (χ0) is 10.7. The minimum atomic E-state index is -0.382. The van der Waals surface area contributed by atoms with E-state index in [0.29, 0.717) is 11.6 Å². The van der Waals surface area contributed by atoms with Crippen molar-refractivity contribution in [2.75, 3.05) is 7.11 Å². The van der Waals surface area contributed by atoms with Crippen LogP contribution in [0.4, 0.5) is 0 Å². The van der Waals surface area contributed by atoms with Crippen LogP contribution in [0.25, 0.3) is 0 Å². The first-order valence-corrected chi connectivity index (χ1v) is 4.45. The Labute approximate surface area is 86.9 Å². The lowest BCUT2D eigenvalue weighted by molar-refractivity contribution is 0.387. The average molecular weight is 205 g/mol. The number of hydrogen-bond donors (Lipinski definition) is 1. The van der Waals surface area contributed by atoms with Crippen LogP contribution in [-0.4, -0.2) is 17.1 Å². The van der Waals surface area contributed by atoms with E-state index in [4.69, 9.17) is 14.9 Å². The van der Waals surface area contributed by atoms with E-state index in [0.717, 1.165) is 5.56 Å². The summed E-state index contributed by atoms with van der Waals surface area (Å²) in [6.07, 6.45) is 6.29. The summed E-state index contributed by atoms with van der Waals surface area (Å²) < 4.78 is 10.0. The van der Waals surface area contributed by atoms with E-state index in [1.54, 1.807) is 31.0 Å². The maximum Gasteiger partial charge on any atom is 0.237 e. The van der Waals surface area contributed by atoms with Crippen LogP contribution < -0.4 is 10.5 Å². The van der Waals surface area contributed by atoms with Gasteiger partial charge in [-0.1, -0.05) is 0 Å². The maximum atomic E-state index is 5.99. The van der Waals surface area contributed by atoms with Crippen molar-refractivity contribution >= 4 is 0 Å². The molecule has 0 bridgehead atoms. The fourth-order valence-corrected chi connectivity index (χ4v) is 1.32. The van der Waals surface area contributed by atoms with Gasteiger partial charge in [-0.15, -0.1) is 0 Å². The van der Waals surface area contributed by atoms with Gasteiger partial charge in [-0.2, -0.15) is 0 Å². The topological polar surface area (TPSA) is 74.2 Å². The Morgan fingerprint density at radius 2 is 2.20 bits per heavy atom. The van der Waals surface area contributed by atoms with Crippen LogP contribution in [-0.2, 0) is 0 Å². The largest absolute Gasteiger partial charge is 0.480 e. The van der Waals surface area contributed by atoms with Crippen molar-refractivity contribution in [2.45, 2.75) is 6.04 Å². The first-order valence-electron chi connectivity index (χ1n) is 4.45. The first-order chi connectivity index (χ1) is 7.33. The van der Waals surface area contributed by atoms with Crippen LogP contribution in [0.15, 0.2) is 35.4 Å². The second-order valence-corrected chi connectivity index (χ2v) is 2.99. The third-order valence-electron chi connectivity index (χ3n) is 2.08. The standard InChI is InChI=1S/C10H11N3O2/c1-14-10-9(12-3-4-13-10)8(11)7-2-5-15-6-7/h2-6,8H,11H2,1H3. The van der Waals surface area contributed by atoms with Gasteiger partial charge in [0.15, 0.2) is 0 Å². The number of nitrogens with two attached hydrogens (primary N) is 1. The molecule has 0 amide bonds. The van der Waals surface area contributed by atoms with Gasteiger partial charge in [-0.25, -0.2) is 4.98 Å². The Morgan fingerprint density at radius 1 is 1.40 bits per heavy atom. The Balaban J connectivity index is 2.37. The second kappa shape index (κ2) is 4.10. The molecule has 15 heavy (non-hydrogen) atoms. The zero-order valence-corrected chi connectivity index (χ0v) is 8.25. The van der Waals surface area contributed by atoms with Crippen molar-refractivity contribution in [1.82, 2.24) is 9.97 Å². The van der Waals surface area contributed by atoms with Gasteiger partial charge in [0.25, 0.3) is 0 Å². The van der Waals surface area contributed by atoms with Gasteiger partial charge in [0.1, 0.15) is 5.69 Å². The van der Waals surface area contributed by atoms with Crippen molar-refractivity contribution in [1.29, 1.82) is 0 Å². The summed E-state index contributed by atoms with van der Waals surface area (Å²) in [6, 6.07) is 1.41. The minimum Gasteiger partial charge on any atom is -0.480 e. The van der Waals surface area contributed by atoms with Gasteiger partial charge in [0.05, 0.1) is 25.7 Å². The van der Waals surface area contributed by atoms with Gasteiger partial charge in [0, 0.05) is 18.0 Å². The molecule has 2 rings (SSSR count).